The third-order valence-corrected chi connectivity index (χ3v) is 1.57. The smallest absolute Gasteiger partial charge is 0.108 e. The topological polar surface area (TPSA) is 21.3 Å². The molecule has 1 rings (SSSR count). The summed E-state index contributed by atoms with van der Waals surface area (Å²) < 4.78 is 5.41. The van der Waals surface area contributed by atoms with Crippen LogP contribution in [-0.4, -0.2) is 18.4 Å². The quantitative estimate of drug-likeness (QED) is 0.573. The van der Waals surface area contributed by atoms with E-state index in [1.807, 2.05) is 0 Å². The largest absolute Gasteiger partial charge is 0.361 e. The van der Waals surface area contributed by atoms with Gasteiger partial charge >= 0.3 is 0 Å². The summed E-state index contributed by atoms with van der Waals surface area (Å²) in [7, 11) is 0. The van der Waals surface area contributed by atoms with Gasteiger partial charge in [-0.3, -0.25) is 5.32 Å². The standard InChI is InChI=1S/C7H15NO/c1-4-6-8-7(2,3)5-9-6/h6,8H,4-5H2,1-3H3. The Labute approximate surface area is 56.6 Å². The molecule has 1 fully saturated rings. The van der Waals surface area contributed by atoms with E-state index in [1.165, 1.54) is 0 Å². The highest BCUT2D eigenvalue weighted by atomic mass is 16.5. The highest BCUT2D eigenvalue weighted by molar-refractivity contribution is 4.83. The summed E-state index contributed by atoms with van der Waals surface area (Å²) in [5.41, 5.74) is 0.195. The van der Waals surface area contributed by atoms with E-state index >= 15 is 0 Å². The minimum atomic E-state index is 0.195. The van der Waals surface area contributed by atoms with E-state index in [0.717, 1.165) is 13.0 Å². The highest BCUT2D eigenvalue weighted by Gasteiger charge is 2.29. The number of hydrogen-bond acceptors (Lipinski definition) is 2. The van der Waals surface area contributed by atoms with Crippen molar-refractivity contribution in [3.05, 3.63) is 0 Å². The van der Waals surface area contributed by atoms with Gasteiger partial charge in [0, 0.05) is 5.54 Å². The van der Waals surface area contributed by atoms with Gasteiger partial charge in [0.05, 0.1) is 6.61 Å². The van der Waals surface area contributed by atoms with Crippen LogP contribution in [0.4, 0.5) is 0 Å². The molecule has 54 valence electrons. The molecule has 0 radical (unpaired) electrons. The molecule has 1 N–H and O–H groups in total. The number of ether oxygens (including phenoxy) is 1. The molecule has 0 aliphatic carbocycles. The Morgan fingerprint density at radius 3 is 2.56 bits per heavy atom. The molecule has 2 heteroatoms. The second-order valence-electron chi connectivity index (χ2n) is 3.24. The van der Waals surface area contributed by atoms with Crippen LogP contribution in [0.5, 0.6) is 0 Å². The van der Waals surface area contributed by atoms with E-state index < -0.39 is 0 Å². The van der Waals surface area contributed by atoms with E-state index in [2.05, 4.69) is 26.1 Å². The first kappa shape index (κ1) is 7.03. The van der Waals surface area contributed by atoms with Gasteiger partial charge in [-0.05, 0) is 20.3 Å². The van der Waals surface area contributed by atoms with Gasteiger partial charge in [0.1, 0.15) is 6.23 Å². The molecule has 1 atom stereocenters. The molecular formula is C7H15NO. The fraction of sp³-hybridized carbons (Fsp3) is 1.00. The Hall–Kier alpha value is -0.0800. The van der Waals surface area contributed by atoms with E-state index in [1.54, 1.807) is 0 Å². The van der Waals surface area contributed by atoms with Crippen molar-refractivity contribution in [3.63, 3.8) is 0 Å². The molecule has 1 aliphatic heterocycles. The Bertz CT molecular complexity index is 101. The second-order valence-corrected chi connectivity index (χ2v) is 3.24. The Morgan fingerprint density at radius 1 is 1.67 bits per heavy atom. The summed E-state index contributed by atoms with van der Waals surface area (Å²) in [6.45, 7) is 7.27. The van der Waals surface area contributed by atoms with Gasteiger partial charge < -0.3 is 4.74 Å². The summed E-state index contributed by atoms with van der Waals surface area (Å²) in [4.78, 5) is 0. The lowest BCUT2D eigenvalue weighted by Crippen LogP contribution is -2.38. The first-order valence-corrected chi connectivity index (χ1v) is 3.53. The maximum Gasteiger partial charge on any atom is 0.108 e. The lowest BCUT2D eigenvalue weighted by atomic mass is 10.1. The minimum absolute atomic E-state index is 0.195. The van der Waals surface area contributed by atoms with Crippen molar-refractivity contribution < 1.29 is 4.74 Å². The zero-order valence-electron chi connectivity index (χ0n) is 6.40. The first-order chi connectivity index (χ1) is 4.14. The van der Waals surface area contributed by atoms with Crippen LogP contribution in [0.3, 0.4) is 0 Å². The number of rotatable bonds is 1. The zero-order chi connectivity index (χ0) is 6.91. The number of hydrogen-bond donors (Lipinski definition) is 1. The maximum absolute atomic E-state index is 5.41. The molecule has 1 unspecified atom stereocenters. The molecule has 1 saturated heterocycles. The van der Waals surface area contributed by atoms with Gasteiger partial charge in [-0.15, -0.1) is 0 Å². The van der Waals surface area contributed by atoms with Crippen LogP contribution in [0.25, 0.3) is 0 Å². The molecular weight excluding hydrogens is 114 g/mol. The molecule has 0 spiro atoms. The summed E-state index contributed by atoms with van der Waals surface area (Å²) >= 11 is 0. The van der Waals surface area contributed by atoms with Gasteiger partial charge in [0.2, 0.25) is 0 Å². The molecule has 0 aromatic heterocycles. The lowest BCUT2D eigenvalue weighted by molar-refractivity contribution is 0.0956. The fourth-order valence-corrected chi connectivity index (χ4v) is 1.05. The van der Waals surface area contributed by atoms with Crippen LogP contribution in [0, 0.1) is 0 Å². The van der Waals surface area contributed by atoms with Gasteiger partial charge in [-0.2, -0.15) is 0 Å². The van der Waals surface area contributed by atoms with Crippen LogP contribution in [0.2, 0.25) is 0 Å². The number of nitrogens with one attached hydrogen (secondary N) is 1. The van der Waals surface area contributed by atoms with Crippen molar-refractivity contribution in [2.24, 2.45) is 0 Å². The van der Waals surface area contributed by atoms with Crippen molar-refractivity contribution in [2.75, 3.05) is 6.61 Å². The molecule has 9 heavy (non-hydrogen) atoms. The molecule has 1 heterocycles. The van der Waals surface area contributed by atoms with Crippen LogP contribution in [0.15, 0.2) is 0 Å². The van der Waals surface area contributed by atoms with Gasteiger partial charge in [-0.1, -0.05) is 6.92 Å². The predicted molar refractivity (Wildman–Crippen MR) is 37.2 cm³/mol. The van der Waals surface area contributed by atoms with Crippen LogP contribution < -0.4 is 5.32 Å². The van der Waals surface area contributed by atoms with Crippen molar-refractivity contribution in [1.82, 2.24) is 5.32 Å². The lowest BCUT2D eigenvalue weighted by Gasteiger charge is -2.15. The van der Waals surface area contributed by atoms with E-state index in [9.17, 15) is 0 Å². The first-order valence-electron chi connectivity index (χ1n) is 3.53. The average Bonchev–Trinajstić information content (AvgIpc) is 2.10. The van der Waals surface area contributed by atoms with Gasteiger partial charge in [0.25, 0.3) is 0 Å². The van der Waals surface area contributed by atoms with E-state index in [4.69, 9.17) is 4.74 Å². The van der Waals surface area contributed by atoms with Crippen LogP contribution >= 0.6 is 0 Å². The van der Waals surface area contributed by atoms with E-state index in [0.29, 0.717) is 6.23 Å². The van der Waals surface area contributed by atoms with Crippen molar-refractivity contribution >= 4 is 0 Å². The summed E-state index contributed by atoms with van der Waals surface area (Å²) in [5.74, 6) is 0. The Balaban J connectivity index is 2.38. The van der Waals surface area contributed by atoms with Gasteiger partial charge in [0.15, 0.2) is 0 Å². The maximum atomic E-state index is 5.41. The summed E-state index contributed by atoms with van der Waals surface area (Å²) in [6, 6.07) is 0. The molecule has 0 aromatic carbocycles. The predicted octanol–water partition coefficient (Wildman–Crippen LogP) is 1.12. The van der Waals surface area contributed by atoms with Crippen molar-refractivity contribution in [2.45, 2.75) is 39.0 Å². The molecule has 0 aromatic rings. The summed E-state index contributed by atoms with van der Waals surface area (Å²) in [6.07, 6.45) is 1.35. The van der Waals surface area contributed by atoms with Gasteiger partial charge in [-0.25, -0.2) is 0 Å². The normalized spacial score (nSPS) is 33.0. The monoisotopic (exact) mass is 129 g/mol. The average molecular weight is 129 g/mol. The van der Waals surface area contributed by atoms with Crippen molar-refractivity contribution in [3.8, 4) is 0 Å². The molecule has 0 amide bonds. The zero-order valence-corrected chi connectivity index (χ0v) is 6.40. The molecule has 0 saturated carbocycles. The summed E-state index contributed by atoms with van der Waals surface area (Å²) in [5, 5.41) is 3.36. The van der Waals surface area contributed by atoms with Crippen LogP contribution in [-0.2, 0) is 4.74 Å². The Kier molecular flexibility index (Phi) is 1.78. The van der Waals surface area contributed by atoms with Crippen LogP contribution in [0.1, 0.15) is 27.2 Å². The molecule has 0 bridgehead atoms. The van der Waals surface area contributed by atoms with Crippen molar-refractivity contribution in [1.29, 1.82) is 0 Å². The second kappa shape index (κ2) is 2.27. The molecule has 2 nitrogen and oxygen atoms in total. The Morgan fingerprint density at radius 2 is 2.33 bits per heavy atom. The SMILES string of the molecule is CCC1NC(C)(C)CO1. The van der Waals surface area contributed by atoms with E-state index in [-0.39, 0.29) is 5.54 Å². The highest BCUT2D eigenvalue weighted by Crippen LogP contribution is 2.14. The third-order valence-electron chi connectivity index (χ3n) is 1.57. The fourth-order valence-electron chi connectivity index (χ4n) is 1.05. The third kappa shape index (κ3) is 1.66. The molecule has 1 aliphatic rings. The minimum Gasteiger partial charge on any atom is -0.361 e.